The van der Waals surface area contributed by atoms with E-state index < -0.39 is 11.9 Å². The van der Waals surface area contributed by atoms with Gasteiger partial charge in [0.25, 0.3) is 0 Å². The van der Waals surface area contributed by atoms with Crippen LogP contribution in [0.2, 0.25) is 0 Å². The summed E-state index contributed by atoms with van der Waals surface area (Å²) in [5, 5.41) is 3.16. The molecule has 1 aliphatic heterocycles. The molecule has 0 atom stereocenters. The summed E-state index contributed by atoms with van der Waals surface area (Å²) in [6.07, 6.45) is -1.48. The smallest absolute Gasteiger partial charge is 0.341 e. The number of nitrogens with one attached hydrogen (secondary N) is 1. The molecule has 1 saturated heterocycles. The van der Waals surface area contributed by atoms with Crippen LogP contribution in [-0.2, 0) is 6.18 Å². The Kier molecular flexibility index (Phi) is 3.70. The number of anilines is 1. The number of alkyl halides is 3. The fourth-order valence-corrected chi connectivity index (χ4v) is 2.03. The Morgan fingerprint density at radius 1 is 1.33 bits per heavy atom. The zero-order valence-corrected chi connectivity index (χ0v) is 10.0. The highest BCUT2D eigenvalue weighted by Gasteiger charge is 2.33. The van der Waals surface area contributed by atoms with Crippen molar-refractivity contribution >= 4 is 5.95 Å². The molecule has 0 amide bonds. The summed E-state index contributed by atoms with van der Waals surface area (Å²) in [6, 6.07) is 1.32. The SMILES string of the molecule is CNC1CCN(c2nccc(C(F)(F)F)n2)CC1. The van der Waals surface area contributed by atoms with Crippen LogP contribution in [0.1, 0.15) is 18.5 Å². The van der Waals surface area contributed by atoms with Crippen molar-refractivity contribution in [2.24, 2.45) is 0 Å². The highest BCUT2D eigenvalue weighted by atomic mass is 19.4. The first-order valence-corrected chi connectivity index (χ1v) is 5.83. The van der Waals surface area contributed by atoms with Crippen molar-refractivity contribution in [2.45, 2.75) is 25.1 Å². The molecule has 1 fully saturated rings. The molecule has 1 aromatic rings. The molecule has 18 heavy (non-hydrogen) atoms. The third-order valence-corrected chi connectivity index (χ3v) is 3.12. The predicted octanol–water partition coefficient (Wildman–Crippen LogP) is 1.68. The van der Waals surface area contributed by atoms with Crippen molar-refractivity contribution in [1.29, 1.82) is 0 Å². The normalized spacial score (nSPS) is 18.1. The third-order valence-electron chi connectivity index (χ3n) is 3.12. The van der Waals surface area contributed by atoms with Gasteiger partial charge in [0.05, 0.1) is 0 Å². The minimum atomic E-state index is -4.42. The summed E-state index contributed by atoms with van der Waals surface area (Å²) in [7, 11) is 1.89. The molecule has 0 saturated carbocycles. The number of hydrogen-bond acceptors (Lipinski definition) is 4. The second-order valence-electron chi connectivity index (χ2n) is 4.29. The highest BCUT2D eigenvalue weighted by Crippen LogP contribution is 2.28. The Morgan fingerprint density at radius 2 is 2.00 bits per heavy atom. The van der Waals surface area contributed by atoms with Crippen LogP contribution in [0, 0.1) is 0 Å². The van der Waals surface area contributed by atoms with Crippen molar-refractivity contribution in [3.63, 3.8) is 0 Å². The predicted molar refractivity (Wildman–Crippen MR) is 61.3 cm³/mol. The molecule has 1 aliphatic rings. The van der Waals surface area contributed by atoms with Crippen molar-refractivity contribution in [3.05, 3.63) is 18.0 Å². The van der Waals surface area contributed by atoms with Gasteiger partial charge in [-0.2, -0.15) is 13.2 Å². The van der Waals surface area contributed by atoms with Crippen LogP contribution < -0.4 is 10.2 Å². The summed E-state index contributed by atoms with van der Waals surface area (Å²) < 4.78 is 37.6. The molecule has 0 unspecified atom stereocenters. The molecular formula is C11H15F3N4. The summed E-state index contributed by atoms with van der Waals surface area (Å²) in [5.74, 6) is 0.166. The summed E-state index contributed by atoms with van der Waals surface area (Å²) in [4.78, 5) is 9.30. The number of piperidine rings is 1. The van der Waals surface area contributed by atoms with Gasteiger partial charge in [-0.05, 0) is 26.0 Å². The van der Waals surface area contributed by atoms with E-state index in [1.165, 1.54) is 0 Å². The first-order valence-electron chi connectivity index (χ1n) is 5.83. The Balaban J connectivity index is 2.10. The molecule has 0 radical (unpaired) electrons. The van der Waals surface area contributed by atoms with Gasteiger partial charge in [0.2, 0.25) is 5.95 Å². The average Bonchev–Trinajstić information content (AvgIpc) is 2.38. The molecule has 7 heteroatoms. The van der Waals surface area contributed by atoms with Gasteiger partial charge in [-0.15, -0.1) is 0 Å². The van der Waals surface area contributed by atoms with E-state index in [0.717, 1.165) is 25.1 Å². The molecular weight excluding hydrogens is 245 g/mol. The molecule has 0 spiro atoms. The minimum Gasteiger partial charge on any atom is -0.341 e. The molecule has 0 aromatic carbocycles. The van der Waals surface area contributed by atoms with Crippen molar-refractivity contribution < 1.29 is 13.2 Å². The van der Waals surface area contributed by atoms with Crippen molar-refractivity contribution in [1.82, 2.24) is 15.3 Å². The Bertz CT molecular complexity index is 400. The standard InChI is InChI=1S/C11H15F3N4/c1-15-8-3-6-18(7-4-8)10-16-5-2-9(17-10)11(12,13)14/h2,5,8,15H,3-4,6-7H2,1H3. The Hall–Kier alpha value is -1.37. The second kappa shape index (κ2) is 5.09. The number of aromatic nitrogens is 2. The van der Waals surface area contributed by atoms with Gasteiger partial charge >= 0.3 is 6.18 Å². The molecule has 100 valence electrons. The van der Waals surface area contributed by atoms with Crippen LogP contribution in [0.4, 0.5) is 19.1 Å². The van der Waals surface area contributed by atoms with E-state index in [-0.39, 0.29) is 5.95 Å². The van der Waals surface area contributed by atoms with Gasteiger partial charge in [-0.25, -0.2) is 9.97 Å². The topological polar surface area (TPSA) is 41.0 Å². The lowest BCUT2D eigenvalue weighted by Gasteiger charge is -2.31. The first-order chi connectivity index (χ1) is 8.50. The van der Waals surface area contributed by atoms with E-state index in [1.54, 1.807) is 4.90 Å². The van der Waals surface area contributed by atoms with Crippen molar-refractivity contribution in [2.75, 3.05) is 25.0 Å². The molecule has 1 N–H and O–H groups in total. The molecule has 1 aromatic heterocycles. The van der Waals surface area contributed by atoms with E-state index in [1.807, 2.05) is 7.05 Å². The lowest BCUT2D eigenvalue weighted by atomic mass is 10.1. The lowest BCUT2D eigenvalue weighted by molar-refractivity contribution is -0.141. The van der Waals surface area contributed by atoms with E-state index >= 15 is 0 Å². The fourth-order valence-electron chi connectivity index (χ4n) is 2.03. The van der Waals surface area contributed by atoms with Crippen LogP contribution in [0.3, 0.4) is 0 Å². The molecule has 0 aliphatic carbocycles. The molecule has 0 bridgehead atoms. The highest BCUT2D eigenvalue weighted by molar-refractivity contribution is 5.31. The number of halogens is 3. The van der Waals surface area contributed by atoms with Crippen LogP contribution in [-0.4, -0.2) is 36.1 Å². The fraction of sp³-hybridized carbons (Fsp3) is 0.636. The number of rotatable bonds is 2. The second-order valence-corrected chi connectivity index (χ2v) is 4.29. The number of nitrogens with zero attached hydrogens (tertiary/aromatic N) is 3. The molecule has 2 rings (SSSR count). The van der Waals surface area contributed by atoms with E-state index in [4.69, 9.17) is 0 Å². The summed E-state index contributed by atoms with van der Waals surface area (Å²) in [5.41, 5.74) is -0.886. The van der Waals surface area contributed by atoms with Gasteiger partial charge in [0, 0.05) is 25.3 Å². The quantitative estimate of drug-likeness (QED) is 0.878. The van der Waals surface area contributed by atoms with Gasteiger partial charge in [0.15, 0.2) is 0 Å². The maximum absolute atomic E-state index is 12.5. The Morgan fingerprint density at radius 3 is 2.56 bits per heavy atom. The first kappa shape index (κ1) is 13.1. The largest absolute Gasteiger partial charge is 0.433 e. The third kappa shape index (κ3) is 2.90. The minimum absolute atomic E-state index is 0.166. The van der Waals surface area contributed by atoms with Crippen LogP contribution >= 0.6 is 0 Å². The zero-order chi connectivity index (χ0) is 13.2. The van der Waals surface area contributed by atoms with Crippen LogP contribution in [0.15, 0.2) is 12.3 Å². The van der Waals surface area contributed by atoms with Gasteiger partial charge in [-0.1, -0.05) is 0 Å². The van der Waals surface area contributed by atoms with E-state index in [9.17, 15) is 13.2 Å². The van der Waals surface area contributed by atoms with Gasteiger partial charge < -0.3 is 10.2 Å². The van der Waals surface area contributed by atoms with Crippen LogP contribution in [0.25, 0.3) is 0 Å². The average molecular weight is 260 g/mol. The summed E-state index contributed by atoms with van der Waals surface area (Å²) in [6.45, 7) is 1.35. The monoisotopic (exact) mass is 260 g/mol. The molecule has 4 nitrogen and oxygen atoms in total. The maximum Gasteiger partial charge on any atom is 0.433 e. The maximum atomic E-state index is 12.5. The molecule has 2 heterocycles. The summed E-state index contributed by atoms with van der Waals surface area (Å²) >= 11 is 0. The van der Waals surface area contributed by atoms with E-state index in [0.29, 0.717) is 19.1 Å². The zero-order valence-electron chi connectivity index (χ0n) is 10.0. The van der Waals surface area contributed by atoms with Gasteiger partial charge in [0.1, 0.15) is 5.69 Å². The lowest BCUT2D eigenvalue weighted by Crippen LogP contribution is -2.42. The van der Waals surface area contributed by atoms with Gasteiger partial charge in [-0.3, -0.25) is 0 Å². The number of hydrogen-bond donors (Lipinski definition) is 1. The van der Waals surface area contributed by atoms with Crippen molar-refractivity contribution in [3.8, 4) is 0 Å². The Labute approximate surface area is 103 Å². The van der Waals surface area contributed by atoms with E-state index in [2.05, 4.69) is 15.3 Å². The van der Waals surface area contributed by atoms with Crippen LogP contribution in [0.5, 0.6) is 0 Å².